The van der Waals surface area contributed by atoms with Crippen LogP contribution in [0.4, 0.5) is 0 Å². The number of H-pyrrole nitrogens is 1. The summed E-state index contributed by atoms with van der Waals surface area (Å²) in [7, 11) is 0. The van der Waals surface area contributed by atoms with E-state index >= 15 is 0 Å². The molecule has 0 saturated heterocycles. The van der Waals surface area contributed by atoms with Crippen LogP contribution in [0.5, 0.6) is 11.5 Å². The standard InChI is InChI=1S/C13H14N4O2S/c1-3-12-14-15-13(20)17(12)16-8(2)9-4-5-10-11(6-9)19-7-18-10/h4-6,16H,2-3,7H2,1H3,(H,15,20). The first-order chi connectivity index (χ1) is 9.69. The van der Waals surface area contributed by atoms with Crippen molar-refractivity contribution in [2.75, 3.05) is 12.2 Å². The number of hydrogen-bond donors (Lipinski definition) is 2. The molecule has 7 heteroatoms. The third-order valence-electron chi connectivity index (χ3n) is 3.03. The third kappa shape index (κ3) is 2.16. The summed E-state index contributed by atoms with van der Waals surface area (Å²) >= 11 is 5.18. The van der Waals surface area contributed by atoms with Gasteiger partial charge in [0.25, 0.3) is 0 Å². The predicted octanol–water partition coefficient (Wildman–Crippen LogP) is 2.45. The van der Waals surface area contributed by atoms with Crippen molar-refractivity contribution in [3.05, 3.63) is 40.9 Å². The molecule has 2 heterocycles. The smallest absolute Gasteiger partial charge is 0.231 e. The Morgan fingerprint density at radius 1 is 1.50 bits per heavy atom. The van der Waals surface area contributed by atoms with Crippen molar-refractivity contribution in [3.63, 3.8) is 0 Å². The summed E-state index contributed by atoms with van der Waals surface area (Å²) in [6.45, 7) is 6.29. The van der Waals surface area contributed by atoms with E-state index in [-0.39, 0.29) is 6.79 Å². The fourth-order valence-electron chi connectivity index (χ4n) is 1.97. The summed E-state index contributed by atoms with van der Waals surface area (Å²) in [5, 5.41) is 6.89. The second kappa shape index (κ2) is 5.01. The van der Waals surface area contributed by atoms with Crippen molar-refractivity contribution in [2.24, 2.45) is 0 Å². The third-order valence-corrected chi connectivity index (χ3v) is 3.30. The molecular weight excluding hydrogens is 276 g/mol. The molecule has 0 atom stereocenters. The minimum Gasteiger partial charge on any atom is -0.454 e. The Hall–Kier alpha value is -2.28. The summed E-state index contributed by atoms with van der Waals surface area (Å²) in [5.74, 6) is 2.28. The highest BCUT2D eigenvalue weighted by atomic mass is 32.1. The van der Waals surface area contributed by atoms with Gasteiger partial charge in [0.2, 0.25) is 11.6 Å². The lowest BCUT2D eigenvalue weighted by atomic mass is 10.1. The Kier molecular flexibility index (Phi) is 3.19. The maximum Gasteiger partial charge on any atom is 0.231 e. The summed E-state index contributed by atoms with van der Waals surface area (Å²) < 4.78 is 12.9. The predicted molar refractivity (Wildman–Crippen MR) is 77.7 cm³/mol. The van der Waals surface area contributed by atoms with Gasteiger partial charge in [-0.25, -0.2) is 4.68 Å². The van der Waals surface area contributed by atoms with Gasteiger partial charge >= 0.3 is 0 Å². The van der Waals surface area contributed by atoms with Gasteiger partial charge in [0.05, 0.1) is 5.70 Å². The molecule has 20 heavy (non-hydrogen) atoms. The van der Waals surface area contributed by atoms with Gasteiger partial charge in [0.15, 0.2) is 17.3 Å². The summed E-state index contributed by atoms with van der Waals surface area (Å²) in [4.78, 5) is 0. The molecule has 0 saturated carbocycles. The van der Waals surface area contributed by atoms with E-state index in [1.54, 1.807) is 4.68 Å². The van der Waals surface area contributed by atoms with Gasteiger partial charge in [-0.3, -0.25) is 10.5 Å². The minimum absolute atomic E-state index is 0.255. The second-order valence-electron chi connectivity index (χ2n) is 4.29. The zero-order valence-electron chi connectivity index (χ0n) is 11.0. The van der Waals surface area contributed by atoms with Crippen LogP contribution < -0.4 is 14.9 Å². The first-order valence-electron chi connectivity index (χ1n) is 6.21. The van der Waals surface area contributed by atoms with E-state index in [2.05, 4.69) is 22.2 Å². The van der Waals surface area contributed by atoms with E-state index in [9.17, 15) is 0 Å². The summed E-state index contributed by atoms with van der Waals surface area (Å²) in [6.07, 6.45) is 0.758. The largest absolute Gasteiger partial charge is 0.454 e. The van der Waals surface area contributed by atoms with Crippen molar-refractivity contribution >= 4 is 17.9 Å². The Bertz CT molecular complexity index is 719. The molecule has 1 aromatic carbocycles. The Balaban J connectivity index is 1.86. The lowest BCUT2D eigenvalue weighted by Gasteiger charge is -2.12. The molecule has 104 valence electrons. The lowest BCUT2D eigenvalue weighted by molar-refractivity contribution is 0.174. The molecule has 0 radical (unpaired) electrons. The number of aryl methyl sites for hydroxylation is 1. The highest BCUT2D eigenvalue weighted by Crippen LogP contribution is 2.33. The maximum absolute atomic E-state index is 5.36. The SMILES string of the molecule is C=C(Nn1c(CC)n[nH]c1=S)c1ccc2c(c1)OCO2. The molecule has 3 rings (SSSR count). The van der Waals surface area contributed by atoms with Crippen LogP contribution in [0.25, 0.3) is 5.70 Å². The summed E-state index contributed by atoms with van der Waals surface area (Å²) in [6, 6.07) is 5.66. The van der Waals surface area contributed by atoms with Crippen molar-refractivity contribution in [1.82, 2.24) is 14.9 Å². The first-order valence-corrected chi connectivity index (χ1v) is 6.62. The van der Waals surface area contributed by atoms with Crippen molar-refractivity contribution in [1.29, 1.82) is 0 Å². The highest BCUT2D eigenvalue weighted by Gasteiger charge is 2.14. The molecule has 1 aromatic heterocycles. The molecule has 1 aliphatic rings. The van der Waals surface area contributed by atoms with E-state index in [4.69, 9.17) is 21.7 Å². The van der Waals surface area contributed by atoms with Gasteiger partial charge in [-0.15, -0.1) is 0 Å². The fraction of sp³-hybridized carbons (Fsp3) is 0.231. The molecule has 0 bridgehead atoms. The number of hydrogen-bond acceptors (Lipinski definition) is 5. The Morgan fingerprint density at radius 3 is 3.10 bits per heavy atom. The van der Waals surface area contributed by atoms with Gasteiger partial charge < -0.3 is 9.47 Å². The zero-order valence-corrected chi connectivity index (χ0v) is 11.8. The average Bonchev–Trinajstić information content (AvgIpc) is 3.05. The number of rotatable bonds is 4. The Labute approximate surface area is 121 Å². The number of fused-ring (bicyclic) bond motifs is 1. The van der Waals surface area contributed by atoms with E-state index in [1.165, 1.54) is 0 Å². The monoisotopic (exact) mass is 290 g/mol. The molecule has 0 unspecified atom stereocenters. The number of aromatic nitrogens is 3. The van der Waals surface area contributed by atoms with Crippen LogP contribution in [0, 0.1) is 4.77 Å². The van der Waals surface area contributed by atoms with Gasteiger partial charge in [0, 0.05) is 12.0 Å². The van der Waals surface area contributed by atoms with Crippen molar-refractivity contribution < 1.29 is 9.47 Å². The highest BCUT2D eigenvalue weighted by molar-refractivity contribution is 7.71. The van der Waals surface area contributed by atoms with Gasteiger partial charge in [-0.2, -0.15) is 5.10 Å². The molecule has 1 aliphatic heterocycles. The minimum atomic E-state index is 0.255. The second-order valence-corrected chi connectivity index (χ2v) is 4.68. The fourth-order valence-corrected chi connectivity index (χ4v) is 2.16. The van der Waals surface area contributed by atoms with Crippen LogP contribution in [-0.2, 0) is 6.42 Å². The van der Waals surface area contributed by atoms with Crippen molar-refractivity contribution in [2.45, 2.75) is 13.3 Å². The zero-order chi connectivity index (χ0) is 14.1. The van der Waals surface area contributed by atoms with Gasteiger partial charge in [0.1, 0.15) is 0 Å². The van der Waals surface area contributed by atoms with Crippen molar-refractivity contribution in [3.8, 4) is 11.5 Å². The Morgan fingerprint density at radius 2 is 2.30 bits per heavy atom. The lowest BCUT2D eigenvalue weighted by Crippen LogP contribution is -2.16. The maximum atomic E-state index is 5.36. The number of nitrogens with zero attached hydrogens (tertiary/aromatic N) is 2. The molecular formula is C13H14N4O2S. The van der Waals surface area contributed by atoms with Crippen LogP contribution in [0.3, 0.4) is 0 Å². The number of benzene rings is 1. The van der Waals surface area contributed by atoms with E-state index in [0.29, 0.717) is 10.5 Å². The molecule has 2 N–H and O–H groups in total. The van der Waals surface area contributed by atoms with Crippen LogP contribution in [0.15, 0.2) is 24.8 Å². The number of ether oxygens (including phenoxy) is 2. The first kappa shape index (κ1) is 12.7. The molecule has 0 spiro atoms. The van der Waals surface area contributed by atoms with E-state index in [0.717, 1.165) is 29.3 Å². The van der Waals surface area contributed by atoms with E-state index in [1.807, 2.05) is 25.1 Å². The van der Waals surface area contributed by atoms with E-state index < -0.39 is 0 Å². The molecule has 0 fully saturated rings. The molecule has 6 nitrogen and oxygen atoms in total. The summed E-state index contributed by atoms with van der Waals surface area (Å²) in [5.41, 5.74) is 4.75. The van der Waals surface area contributed by atoms with Crippen LogP contribution >= 0.6 is 12.2 Å². The molecule has 2 aromatic rings. The molecule has 0 amide bonds. The van der Waals surface area contributed by atoms with Gasteiger partial charge in [-0.1, -0.05) is 13.5 Å². The average molecular weight is 290 g/mol. The number of nitrogens with one attached hydrogen (secondary N) is 2. The normalized spacial score (nSPS) is 12.4. The van der Waals surface area contributed by atoms with Crippen LogP contribution in [0.2, 0.25) is 0 Å². The van der Waals surface area contributed by atoms with Crippen LogP contribution in [0.1, 0.15) is 18.3 Å². The topological polar surface area (TPSA) is 64.1 Å². The quantitative estimate of drug-likeness (QED) is 0.847. The van der Waals surface area contributed by atoms with Crippen LogP contribution in [-0.4, -0.2) is 21.7 Å². The molecule has 0 aliphatic carbocycles. The number of aromatic amines is 1. The van der Waals surface area contributed by atoms with Gasteiger partial charge in [-0.05, 0) is 30.4 Å².